The minimum atomic E-state index is -0.625. The molecule has 0 N–H and O–H groups in total. The van der Waals surface area contributed by atoms with Crippen molar-refractivity contribution in [2.24, 2.45) is 0 Å². The molecule has 0 saturated carbocycles. The molecule has 8 heteroatoms. The number of carbonyl (C=O) groups excluding carboxylic acids is 2. The van der Waals surface area contributed by atoms with E-state index in [2.05, 4.69) is 0 Å². The lowest BCUT2D eigenvalue weighted by Gasteiger charge is -2.18. The van der Waals surface area contributed by atoms with Crippen LogP contribution in [-0.4, -0.2) is 23.3 Å². The first kappa shape index (κ1) is 21.6. The van der Waals surface area contributed by atoms with Crippen molar-refractivity contribution in [2.45, 2.75) is 37.5 Å². The number of ether oxygens (including phenoxy) is 2. The van der Waals surface area contributed by atoms with E-state index in [-0.39, 0.29) is 28.7 Å². The number of nitro groups is 1. The Balaban J connectivity index is 1.71. The molecule has 1 aliphatic carbocycles. The smallest absolute Gasteiger partial charge is 0.349 e. The summed E-state index contributed by atoms with van der Waals surface area (Å²) in [6, 6.07) is 13.6. The third-order valence-electron chi connectivity index (χ3n) is 4.51. The monoisotopic (exact) mass is 427 g/mol. The highest BCUT2D eigenvalue weighted by Crippen LogP contribution is 2.39. The lowest BCUT2D eigenvalue weighted by atomic mass is 10.0. The van der Waals surface area contributed by atoms with Crippen LogP contribution in [-0.2, 0) is 20.7 Å². The van der Waals surface area contributed by atoms with Crippen LogP contribution in [0.4, 0.5) is 5.69 Å². The van der Waals surface area contributed by atoms with Gasteiger partial charge in [-0.1, -0.05) is 43.0 Å². The van der Waals surface area contributed by atoms with Crippen LogP contribution < -0.4 is 4.74 Å². The van der Waals surface area contributed by atoms with Gasteiger partial charge >= 0.3 is 5.97 Å². The molecule has 0 atom stereocenters. The quantitative estimate of drug-likeness (QED) is 0.338. The second-order valence-corrected chi connectivity index (χ2v) is 7.67. The number of Topliss-reactive ketones (excluding diaryl/α,β-unsaturated/α-hetero) is 1. The summed E-state index contributed by atoms with van der Waals surface area (Å²) in [5, 5.41) is 11.3. The van der Waals surface area contributed by atoms with E-state index in [9.17, 15) is 19.7 Å². The molecule has 0 aromatic heterocycles. The average Bonchev–Trinajstić information content (AvgIpc) is 2.75. The SMILES string of the molecule is CCc1ccc(OCC(=O)OC2=C(Sc3ccccc3[N+](=O)[O-])C(=O)CCC2)cc1. The number of nitrogens with zero attached hydrogens (tertiary/aromatic N) is 1. The number of aryl methyl sites for hydroxylation is 1. The second-order valence-electron chi connectivity index (χ2n) is 6.62. The van der Waals surface area contributed by atoms with Crippen molar-refractivity contribution in [3.63, 3.8) is 0 Å². The van der Waals surface area contributed by atoms with Gasteiger partial charge in [-0.2, -0.15) is 0 Å². The molecule has 0 unspecified atom stereocenters. The van der Waals surface area contributed by atoms with E-state index in [4.69, 9.17) is 9.47 Å². The van der Waals surface area contributed by atoms with Gasteiger partial charge in [0.05, 0.1) is 14.7 Å². The number of benzene rings is 2. The molecule has 30 heavy (non-hydrogen) atoms. The van der Waals surface area contributed by atoms with Crippen LogP contribution in [0.25, 0.3) is 0 Å². The number of esters is 1. The maximum atomic E-state index is 12.4. The summed E-state index contributed by atoms with van der Waals surface area (Å²) < 4.78 is 10.9. The van der Waals surface area contributed by atoms with Crippen LogP contribution in [0.2, 0.25) is 0 Å². The summed E-state index contributed by atoms with van der Waals surface area (Å²) in [7, 11) is 0. The van der Waals surface area contributed by atoms with Gasteiger partial charge in [-0.15, -0.1) is 0 Å². The topological polar surface area (TPSA) is 95.7 Å². The van der Waals surface area contributed by atoms with Crippen LogP contribution in [0.15, 0.2) is 64.1 Å². The zero-order chi connectivity index (χ0) is 21.5. The van der Waals surface area contributed by atoms with Crippen molar-refractivity contribution in [1.29, 1.82) is 0 Å². The first-order valence-electron chi connectivity index (χ1n) is 9.58. The fraction of sp³-hybridized carbons (Fsp3) is 0.273. The van der Waals surface area contributed by atoms with Gasteiger partial charge in [0.25, 0.3) is 5.69 Å². The standard InChI is InChI=1S/C22H21NO6S/c1-2-15-10-12-16(13-11-15)28-14-21(25)29-19-8-5-7-18(24)22(19)30-20-9-4-3-6-17(20)23(26)27/h3-4,6,9-13H,2,5,7-8,14H2,1H3. The Morgan fingerprint density at radius 2 is 1.87 bits per heavy atom. The molecule has 0 aliphatic heterocycles. The summed E-state index contributed by atoms with van der Waals surface area (Å²) in [5.41, 5.74) is 1.06. The lowest BCUT2D eigenvalue weighted by molar-refractivity contribution is -0.387. The second kappa shape index (κ2) is 10.1. The number of para-hydroxylation sites is 1. The summed E-state index contributed by atoms with van der Waals surface area (Å²) in [6.07, 6.45) is 2.18. The molecule has 0 heterocycles. The van der Waals surface area contributed by atoms with Gasteiger partial charge in [0.15, 0.2) is 12.4 Å². The van der Waals surface area contributed by atoms with Crippen LogP contribution >= 0.6 is 11.8 Å². The predicted molar refractivity (Wildman–Crippen MR) is 112 cm³/mol. The zero-order valence-corrected chi connectivity index (χ0v) is 17.3. The summed E-state index contributed by atoms with van der Waals surface area (Å²) in [6.45, 7) is 1.75. The Hall–Kier alpha value is -3.13. The van der Waals surface area contributed by atoms with Crippen molar-refractivity contribution in [2.75, 3.05) is 6.61 Å². The molecule has 3 rings (SSSR count). The Kier molecular flexibility index (Phi) is 7.24. The Morgan fingerprint density at radius 1 is 1.13 bits per heavy atom. The molecule has 0 bridgehead atoms. The molecule has 0 fully saturated rings. The van der Waals surface area contributed by atoms with Gasteiger partial charge in [0.1, 0.15) is 11.5 Å². The zero-order valence-electron chi connectivity index (χ0n) is 16.5. The number of carbonyl (C=O) groups is 2. The third kappa shape index (κ3) is 5.48. The van der Waals surface area contributed by atoms with Crippen LogP contribution in [0.1, 0.15) is 31.7 Å². The van der Waals surface area contributed by atoms with E-state index < -0.39 is 10.9 Å². The number of ketones is 1. The van der Waals surface area contributed by atoms with E-state index in [0.29, 0.717) is 29.9 Å². The Labute approximate surface area is 178 Å². The molecule has 1 aliphatic rings. The van der Waals surface area contributed by atoms with Crippen LogP contribution in [0.3, 0.4) is 0 Å². The third-order valence-corrected chi connectivity index (χ3v) is 5.74. The molecule has 0 saturated heterocycles. The Morgan fingerprint density at radius 3 is 2.57 bits per heavy atom. The van der Waals surface area contributed by atoms with Gasteiger partial charge < -0.3 is 9.47 Å². The van der Waals surface area contributed by atoms with E-state index in [1.807, 2.05) is 19.1 Å². The number of rotatable bonds is 8. The van der Waals surface area contributed by atoms with Crippen molar-refractivity contribution in [1.82, 2.24) is 0 Å². The number of thioether (sulfide) groups is 1. The molecule has 0 amide bonds. The molecule has 2 aromatic carbocycles. The number of hydrogen-bond donors (Lipinski definition) is 0. The molecule has 156 valence electrons. The minimum absolute atomic E-state index is 0.0992. The molecule has 7 nitrogen and oxygen atoms in total. The molecule has 0 radical (unpaired) electrons. The lowest BCUT2D eigenvalue weighted by Crippen LogP contribution is -2.19. The molecular weight excluding hydrogens is 406 g/mol. The fourth-order valence-corrected chi connectivity index (χ4v) is 4.03. The highest BCUT2D eigenvalue weighted by Gasteiger charge is 2.27. The molecular formula is C22H21NO6S. The molecule has 2 aromatic rings. The van der Waals surface area contributed by atoms with E-state index in [1.165, 1.54) is 6.07 Å². The number of hydrogen-bond acceptors (Lipinski definition) is 7. The van der Waals surface area contributed by atoms with E-state index in [0.717, 1.165) is 23.7 Å². The van der Waals surface area contributed by atoms with Crippen LogP contribution in [0.5, 0.6) is 5.75 Å². The maximum absolute atomic E-state index is 12.4. The van der Waals surface area contributed by atoms with Gasteiger partial charge in [-0.3, -0.25) is 14.9 Å². The molecule has 0 spiro atoms. The largest absolute Gasteiger partial charge is 0.482 e. The highest BCUT2D eigenvalue weighted by molar-refractivity contribution is 8.04. The first-order chi connectivity index (χ1) is 14.5. The van der Waals surface area contributed by atoms with Gasteiger partial charge in [0, 0.05) is 18.9 Å². The van der Waals surface area contributed by atoms with Gasteiger partial charge in [0.2, 0.25) is 0 Å². The maximum Gasteiger partial charge on any atom is 0.349 e. The van der Waals surface area contributed by atoms with Crippen LogP contribution in [0, 0.1) is 10.1 Å². The normalized spacial score (nSPS) is 13.8. The van der Waals surface area contributed by atoms with Gasteiger partial charge in [-0.05, 0) is 36.6 Å². The number of nitro benzene ring substituents is 1. The van der Waals surface area contributed by atoms with Crippen molar-refractivity contribution >= 4 is 29.2 Å². The van der Waals surface area contributed by atoms with E-state index >= 15 is 0 Å². The predicted octanol–water partition coefficient (Wildman–Crippen LogP) is 4.84. The number of allylic oxidation sites excluding steroid dienone is 2. The summed E-state index contributed by atoms with van der Waals surface area (Å²) in [5.74, 6) is -0.0279. The van der Waals surface area contributed by atoms with Crippen molar-refractivity contribution < 1.29 is 24.0 Å². The minimum Gasteiger partial charge on any atom is -0.482 e. The Bertz CT molecular complexity index is 983. The first-order valence-corrected chi connectivity index (χ1v) is 10.4. The van der Waals surface area contributed by atoms with Gasteiger partial charge in [-0.25, -0.2) is 4.79 Å². The van der Waals surface area contributed by atoms with Crippen molar-refractivity contribution in [3.05, 3.63) is 74.9 Å². The highest BCUT2D eigenvalue weighted by atomic mass is 32.2. The summed E-state index contributed by atoms with van der Waals surface area (Å²) >= 11 is 0.967. The van der Waals surface area contributed by atoms with E-state index in [1.54, 1.807) is 30.3 Å². The van der Waals surface area contributed by atoms with Crippen molar-refractivity contribution in [3.8, 4) is 5.75 Å². The fourth-order valence-electron chi connectivity index (χ4n) is 2.94. The summed E-state index contributed by atoms with van der Waals surface area (Å²) in [4.78, 5) is 36.0. The average molecular weight is 427 g/mol.